The van der Waals surface area contributed by atoms with E-state index in [9.17, 15) is 0 Å². The summed E-state index contributed by atoms with van der Waals surface area (Å²) in [6.45, 7) is 5.87. The Morgan fingerprint density at radius 2 is 1.90 bits per heavy atom. The van der Waals surface area contributed by atoms with Gasteiger partial charge in [-0.2, -0.15) is 0 Å². The Balaban J connectivity index is 1.69. The standard InChI is InChI=1S/C20H31N/c1-15(2)12-16-6-5-8-17(13-16)20-9-4-3-7-18(20)14-21-19-10-11-19/h5-6,8,13,15,18-21H,3-4,7,9-12,14H2,1-2H3. The van der Waals surface area contributed by atoms with Gasteiger partial charge in [0.15, 0.2) is 0 Å². The van der Waals surface area contributed by atoms with Crippen LogP contribution in [0, 0.1) is 11.8 Å². The van der Waals surface area contributed by atoms with Crippen molar-refractivity contribution in [3.63, 3.8) is 0 Å². The molecule has 1 N–H and O–H groups in total. The maximum atomic E-state index is 3.77. The van der Waals surface area contributed by atoms with Crippen LogP contribution in [0.25, 0.3) is 0 Å². The Morgan fingerprint density at radius 1 is 1.10 bits per heavy atom. The molecule has 2 aliphatic carbocycles. The summed E-state index contributed by atoms with van der Waals surface area (Å²) in [5.41, 5.74) is 3.14. The minimum atomic E-state index is 0.749. The maximum Gasteiger partial charge on any atom is 0.00683 e. The Bertz CT molecular complexity index is 447. The molecular formula is C20H31N. The molecule has 0 amide bonds. The number of rotatable bonds is 6. The number of benzene rings is 1. The van der Waals surface area contributed by atoms with E-state index in [0.717, 1.165) is 23.8 Å². The van der Waals surface area contributed by atoms with E-state index < -0.39 is 0 Å². The van der Waals surface area contributed by atoms with Gasteiger partial charge in [0.2, 0.25) is 0 Å². The molecule has 1 aromatic carbocycles. The number of nitrogens with one attached hydrogen (secondary N) is 1. The van der Waals surface area contributed by atoms with E-state index in [1.54, 1.807) is 5.56 Å². The lowest BCUT2D eigenvalue weighted by Crippen LogP contribution is -2.30. The minimum absolute atomic E-state index is 0.749. The Hall–Kier alpha value is -0.820. The molecule has 116 valence electrons. The fourth-order valence-corrected chi connectivity index (χ4v) is 3.92. The highest BCUT2D eigenvalue weighted by molar-refractivity contribution is 5.27. The van der Waals surface area contributed by atoms with Gasteiger partial charge in [-0.25, -0.2) is 0 Å². The van der Waals surface area contributed by atoms with E-state index in [-0.39, 0.29) is 0 Å². The van der Waals surface area contributed by atoms with Crippen LogP contribution in [0.1, 0.15) is 69.4 Å². The highest BCUT2D eigenvalue weighted by Gasteiger charge is 2.29. The average molecular weight is 285 g/mol. The van der Waals surface area contributed by atoms with Crippen molar-refractivity contribution in [1.29, 1.82) is 0 Å². The topological polar surface area (TPSA) is 12.0 Å². The van der Waals surface area contributed by atoms with E-state index in [1.807, 2.05) is 0 Å². The van der Waals surface area contributed by atoms with Crippen molar-refractivity contribution in [1.82, 2.24) is 5.32 Å². The van der Waals surface area contributed by atoms with Gasteiger partial charge < -0.3 is 5.32 Å². The summed E-state index contributed by atoms with van der Waals surface area (Å²) >= 11 is 0. The fourth-order valence-electron chi connectivity index (χ4n) is 3.92. The van der Waals surface area contributed by atoms with E-state index in [4.69, 9.17) is 0 Å². The molecule has 2 saturated carbocycles. The van der Waals surface area contributed by atoms with Crippen molar-refractivity contribution in [2.75, 3.05) is 6.54 Å². The molecule has 1 aromatic rings. The lowest BCUT2D eigenvalue weighted by molar-refractivity contribution is 0.295. The summed E-state index contributed by atoms with van der Waals surface area (Å²) in [6.07, 6.45) is 9.67. The van der Waals surface area contributed by atoms with Crippen molar-refractivity contribution in [3.05, 3.63) is 35.4 Å². The number of hydrogen-bond donors (Lipinski definition) is 1. The SMILES string of the molecule is CC(C)Cc1cccc(C2CCCCC2CNC2CC2)c1. The van der Waals surface area contributed by atoms with E-state index in [0.29, 0.717) is 0 Å². The minimum Gasteiger partial charge on any atom is -0.314 e. The quantitative estimate of drug-likeness (QED) is 0.783. The van der Waals surface area contributed by atoms with Gasteiger partial charge in [0.25, 0.3) is 0 Å². The zero-order valence-electron chi connectivity index (χ0n) is 13.8. The third kappa shape index (κ3) is 4.32. The van der Waals surface area contributed by atoms with Crippen LogP contribution in [-0.2, 0) is 6.42 Å². The smallest absolute Gasteiger partial charge is 0.00683 e. The molecule has 1 heteroatoms. The first-order valence-electron chi connectivity index (χ1n) is 9.04. The van der Waals surface area contributed by atoms with Crippen LogP contribution in [0.15, 0.2) is 24.3 Å². The largest absolute Gasteiger partial charge is 0.314 e. The first-order valence-corrected chi connectivity index (χ1v) is 9.04. The monoisotopic (exact) mass is 285 g/mol. The van der Waals surface area contributed by atoms with Crippen LogP contribution in [0.2, 0.25) is 0 Å². The molecule has 0 spiro atoms. The highest BCUT2D eigenvalue weighted by atomic mass is 14.9. The first-order chi connectivity index (χ1) is 10.2. The van der Waals surface area contributed by atoms with Gasteiger partial charge in [-0.3, -0.25) is 0 Å². The molecule has 3 rings (SSSR count). The molecule has 0 bridgehead atoms. The van der Waals surface area contributed by atoms with E-state index in [2.05, 4.69) is 43.4 Å². The molecule has 0 heterocycles. The van der Waals surface area contributed by atoms with Gasteiger partial charge in [-0.05, 0) is 67.5 Å². The molecule has 0 aliphatic heterocycles. The van der Waals surface area contributed by atoms with Crippen LogP contribution in [0.3, 0.4) is 0 Å². The lowest BCUT2D eigenvalue weighted by Gasteiger charge is -2.32. The Morgan fingerprint density at radius 3 is 2.67 bits per heavy atom. The fraction of sp³-hybridized carbons (Fsp3) is 0.700. The molecule has 0 radical (unpaired) electrons. The summed E-state index contributed by atoms with van der Waals surface area (Å²) in [5, 5.41) is 3.77. The Kier molecular flexibility index (Phi) is 5.00. The highest BCUT2D eigenvalue weighted by Crippen LogP contribution is 2.38. The van der Waals surface area contributed by atoms with Crippen molar-refractivity contribution in [2.45, 2.75) is 70.8 Å². The molecule has 2 aliphatic rings. The molecule has 2 atom stereocenters. The maximum absolute atomic E-state index is 3.77. The van der Waals surface area contributed by atoms with Crippen LogP contribution in [0.4, 0.5) is 0 Å². The second-order valence-electron chi connectivity index (χ2n) is 7.68. The molecule has 21 heavy (non-hydrogen) atoms. The van der Waals surface area contributed by atoms with Crippen molar-refractivity contribution in [3.8, 4) is 0 Å². The molecule has 1 nitrogen and oxygen atoms in total. The van der Waals surface area contributed by atoms with Crippen molar-refractivity contribution in [2.24, 2.45) is 11.8 Å². The van der Waals surface area contributed by atoms with Gasteiger partial charge in [-0.15, -0.1) is 0 Å². The van der Waals surface area contributed by atoms with E-state index in [1.165, 1.54) is 57.1 Å². The molecule has 2 fully saturated rings. The summed E-state index contributed by atoms with van der Waals surface area (Å²) in [4.78, 5) is 0. The molecular weight excluding hydrogens is 254 g/mol. The second-order valence-corrected chi connectivity index (χ2v) is 7.68. The van der Waals surface area contributed by atoms with Gasteiger partial charge in [-0.1, -0.05) is 51.0 Å². The van der Waals surface area contributed by atoms with Gasteiger partial charge in [0.05, 0.1) is 0 Å². The van der Waals surface area contributed by atoms with Crippen LogP contribution in [0.5, 0.6) is 0 Å². The zero-order chi connectivity index (χ0) is 14.7. The van der Waals surface area contributed by atoms with Gasteiger partial charge in [0.1, 0.15) is 0 Å². The number of hydrogen-bond acceptors (Lipinski definition) is 1. The summed E-state index contributed by atoms with van der Waals surface area (Å²) < 4.78 is 0. The third-order valence-corrected chi connectivity index (χ3v) is 5.18. The van der Waals surface area contributed by atoms with Gasteiger partial charge in [0, 0.05) is 6.04 Å². The van der Waals surface area contributed by atoms with Gasteiger partial charge >= 0.3 is 0 Å². The normalized spacial score (nSPS) is 26.2. The Labute approximate surface area is 130 Å². The van der Waals surface area contributed by atoms with E-state index >= 15 is 0 Å². The molecule has 0 aromatic heterocycles. The van der Waals surface area contributed by atoms with Crippen molar-refractivity contribution >= 4 is 0 Å². The predicted molar refractivity (Wildman–Crippen MR) is 90.7 cm³/mol. The van der Waals surface area contributed by atoms with Crippen LogP contribution in [-0.4, -0.2) is 12.6 Å². The van der Waals surface area contributed by atoms with Crippen LogP contribution < -0.4 is 5.32 Å². The van der Waals surface area contributed by atoms with Crippen LogP contribution >= 0.6 is 0 Å². The lowest BCUT2D eigenvalue weighted by atomic mass is 9.75. The zero-order valence-corrected chi connectivity index (χ0v) is 13.8. The summed E-state index contributed by atoms with van der Waals surface area (Å²) in [5.74, 6) is 2.39. The second kappa shape index (κ2) is 6.96. The molecule has 2 unspecified atom stereocenters. The predicted octanol–water partition coefficient (Wildman–Crippen LogP) is 4.91. The summed E-state index contributed by atoms with van der Waals surface area (Å²) in [7, 11) is 0. The average Bonchev–Trinajstić information content (AvgIpc) is 3.29. The third-order valence-electron chi connectivity index (χ3n) is 5.18. The molecule has 0 saturated heterocycles. The summed E-state index contributed by atoms with van der Waals surface area (Å²) in [6, 6.07) is 10.3. The van der Waals surface area contributed by atoms with Crippen molar-refractivity contribution < 1.29 is 0 Å². The first kappa shape index (κ1) is 15.1.